The number of anilines is 1. The minimum atomic E-state index is -0.517. The number of H-pyrrole nitrogens is 1. The standard InChI is InChI=1S/C27H30ClFN6O/c1-4-7-19(9-10-20-8-5-6-11-35(20)24(36)12-17(2)3)33-27-23(29)16-32-26(34-27)22-15-31-25-21(22)13-18(28)14-30-25/h5-6,8,11-16,19-20H,4,7,9-10H2,1-3H3,(H,30,31)(H,32,33,34)/t19?,20-/m0/s1. The first-order valence-corrected chi connectivity index (χ1v) is 12.5. The number of nitrogens with one attached hydrogen (secondary N) is 2. The first-order valence-electron chi connectivity index (χ1n) is 12.1. The molecule has 3 aromatic rings. The average molecular weight is 509 g/mol. The molecule has 0 radical (unpaired) electrons. The molecule has 2 N–H and O–H groups in total. The van der Waals surface area contributed by atoms with Gasteiger partial charge in [-0.1, -0.05) is 42.7 Å². The van der Waals surface area contributed by atoms with Crippen LogP contribution in [-0.4, -0.2) is 42.8 Å². The summed E-state index contributed by atoms with van der Waals surface area (Å²) in [5.41, 5.74) is 2.31. The fourth-order valence-corrected chi connectivity index (χ4v) is 4.45. The molecule has 1 amide bonds. The summed E-state index contributed by atoms with van der Waals surface area (Å²) in [6.07, 6.45) is 17.0. The molecule has 1 unspecified atom stereocenters. The third kappa shape index (κ3) is 5.99. The van der Waals surface area contributed by atoms with Crippen molar-refractivity contribution in [1.29, 1.82) is 0 Å². The Balaban J connectivity index is 1.51. The Hall–Kier alpha value is -3.52. The number of carbonyl (C=O) groups excluding carboxylic acids is 1. The zero-order valence-electron chi connectivity index (χ0n) is 20.6. The Kier molecular flexibility index (Phi) is 8.15. The van der Waals surface area contributed by atoms with Crippen LogP contribution in [0.3, 0.4) is 0 Å². The van der Waals surface area contributed by atoms with Crippen LogP contribution in [-0.2, 0) is 4.79 Å². The van der Waals surface area contributed by atoms with E-state index in [0.717, 1.165) is 36.6 Å². The van der Waals surface area contributed by atoms with Crippen molar-refractivity contribution in [2.45, 2.75) is 58.5 Å². The molecular formula is C27H30ClFN6O. The Morgan fingerprint density at radius 2 is 2.11 bits per heavy atom. The number of hydrogen-bond donors (Lipinski definition) is 2. The van der Waals surface area contributed by atoms with Gasteiger partial charge in [0.15, 0.2) is 17.5 Å². The van der Waals surface area contributed by atoms with E-state index in [9.17, 15) is 9.18 Å². The summed E-state index contributed by atoms with van der Waals surface area (Å²) in [6, 6.07) is 1.70. The second-order valence-corrected chi connectivity index (χ2v) is 9.55. The van der Waals surface area contributed by atoms with E-state index in [2.05, 4.69) is 32.2 Å². The molecule has 188 valence electrons. The highest BCUT2D eigenvalue weighted by Gasteiger charge is 2.22. The number of halogens is 2. The Labute approximate surface area is 215 Å². The first kappa shape index (κ1) is 25.6. The highest BCUT2D eigenvalue weighted by Crippen LogP contribution is 2.29. The van der Waals surface area contributed by atoms with Crippen LogP contribution >= 0.6 is 11.6 Å². The average Bonchev–Trinajstić information content (AvgIpc) is 3.26. The van der Waals surface area contributed by atoms with Crippen molar-refractivity contribution in [3.05, 3.63) is 71.6 Å². The van der Waals surface area contributed by atoms with Gasteiger partial charge in [-0.25, -0.2) is 19.3 Å². The van der Waals surface area contributed by atoms with Gasteiger partial charge in [0.1, 0.15) is 5.65 Å². The molecule has 1 aliphatic heterocycles. The summed E-state index contributed by atoms with van der Waals surface area (Å²) in [5, 5.41) is 4.55. The lowest BCUT2D eigenvalue weighted by Gasteiger charge is -2.29. The number of carbonyl (C=O) groups is 1. The van der Waals surface area contributed by atoms with Crippen molar-refractivity contribution in [3.8, 4) is 11.4 Å². The molecule has 7 nitrogen and oxygen atoms in total. The third-order valence-electron chi connectivity index (χ3n) is 5.99. The van der Waals surface area contributed by atoms with Crippen LogP contribution in [0.15, 0.2) is 60.7 Å². The fourth-order valence-electron chi connectivity index (χ4n) is 4.30. The summed E-state index contributed by atoms with van der Waals surface area (Å²) >= 11 is 6.12. The van der Waals surface area contributed by atoms with Gasteiger partial charge in [-0.15, -0.1) is 0 Å². The molecule has 0 spiro atoms. The van der Waals surface area contributed by atoms with Crippen LogP contribution in [0.5, 0.6) is 0 Å². The Morgan fingerprint density at radius 1 is 1.28 bits per heavy atom. The summed E-state index contributed by atoms with van der Waals surface area (Å²) < 4.78 is 14.8. The van der Waals surface area contributed by atoms with E-state index >= 15 is 0 Å². The molecule has 4 heterocycles. The van der Waals surface area contributed by atoms with E-state index in [-0.39, 0.29) is 23.8 Å². The van der Waals surface area contributed by atoms with Gasteiger partial charge in [0, 0.05) is 41.7 Å². The van der Waals surface area contributed by atoms with E-state index in [1.165, 1.54) is 6.20 Å². The van der Waals surface area contributed by atoms with E-state index < -0.39 is 5.82 Å². The molecule has 0 saturated carbocycles. The quantitative estimate of drug-likeness (QED) is 0.326. The molecule has 0 bridgehead atoms. The molecule has 0 fully saturated rings. The van der Waals surface area contributed by atoms with Crippen LogP contribution in [0.4, 0.5) is 10.2 Å². The molecule has 36 heavy (non-hydrogen) atoms. The SMILES string of the molecule is CCCC(CC[C@@H]1C=CC=CN1C(=O)C=C(C)C)Nc1nc(-c2c[nH]c3ncc(Cl)cc23)ncc1F. The van der Waals surface area contributed by atoms with Crippen LogP contribution < -0.4 is 5.32 Å². The first-order chi connectivity index (χ1) is 17.4. The smallest absolute Gasteiger partial charge is 0.250 e. The van der Waals surface area contributed by atoms with Gasteiger partial charge in [-0.3, -0.25) is 4.79 Å². The number of nitrogens with zero attached hydrogens (tertiary/aromatic N) is 4. The van der Waals surface area contributed by atoms with Gasteiger partial charge < -0.3 is 15.2 Å². The number of allylic oxidation sites excluding steroid dienone is 3. The predicted molar refractivity (Wildman–Crippen MR) is 142 cm³/mol. The zero-order valence-corrected chi connectivity index (χ0v) is 21.4. The number of aromatic nitrogens is 4. The number of pyridine rings is 1. The van der Waals surface area contributed by atoms with Crippen molar-refractivity contribution < 1.29 is 9.18 Å². The maximum absolute atomic E-state index is 14.8. The maximum atomic E-state index is 14.8. The number of hydrogen-bond acceptors (Lipinski definition) is 5. The largest absolute Gasteiger partial charge is 0.365 e. The van der Waals surface area contributed by atoms with Crippen LogP contribution in [0.2, 0.25) is 5.02 Å². The van der Waals surface area contributed by atoms with Crippen molar-refractivity contribution in [1.82, 2.24) is 24.8 Å². The third-order valence-corrected chi connectivity index (χ3v) is 6.19. The molecule has 2 atom stereocenters. The molecular weight excluding hydrogens is 479 g/mol. The Morgan fingerprint density at radius 3 is 2.89 bits per heavy atom. The molecule has 1 aliphatic rings. The lowest BCUT2D eigenvalue weighted by atomic mass is 10.00. The van der Waals surface area contributed by atoms with Crippen molar-refractivity contribution >= 4 is 34.4 Å². The molecule has 3 aromatic heterocycles. The van der Waals surface area contributed by atoms with E-state index in [4.69, 9.17) is 11.6 Å². The number of fused-ring (bicyclic) bond motifs is 1. The summed E-state index contributed by atoms with van der Waals surface area (Å²) in [7, 11) is 0. The van der Waals surface area contributed by atoms with Gasteiger partial charge in [0.2, 0.25) is 0 Å². The normalized spacial score (nSPS) is 15.8. The van der Waals surface area contributed by atoms with Crippen LogP contribution in [0.25, 0.3) is 22.4 Å². The highest BCUT2D eigenvalue weighted by atomic mass is 35.5. The van der Waals surface area contributed by atoms with Crippen molar-refractivity contribution in [2.75, 3.05) is 5.32 Å². The minimum absolute atomic E-state index is 0.0222. The molecule has 0 aliphatic carbocycles. The number of rotatable bonds is 9. The second-order valence-electron chi connectivity index (χ2n) is 9.11. The Bertz CT molecular complexity index is 1330. The van der Waals surface area contributed by atoms with E-state index in [0.29, 0.717) is 22.1 Å². The van der Waals surface area contributed by atoms with Gasteiger partial charge >= 0.3 is 0 Å². The fraction of sp³-hybridized carbons (Fsp3) is 0.333. The lowest BCUT2D eigenvalue weighted by Crippen LogP contribution is -2.36. The summed E-state index contributed by atoms with van der Waals surface area (Å²) in [4.78, 5) is 30.5. The summed E-state index contributed by atoms with van der Waals surface area (Å²) in [5.74, 6) is -0.0280. The molecule has 0 aromatic carbocycles. The molecule has 4 rings (SSSR count). The number of amides is 1. The number of aromatic amines is 1. The molecule has 9 heteroatoms. The topological polar surface area (TPSA) is 86.8 Å². The second kappa shape index (κ2) is 11.5. The van der Waals surface area contributed by atoms with Crippen LogP contribution in [0, 0.1) is 5.82 Å². The van der Waals surface area contributed by atoms with Crippen molar-refractivity contribution in [2.24, 2.45) is 0 Å². The summed E-state index contributed by atoms with van der Waals surface area (Å²) in [6.45, 7) is 5.90. The van der Waals surface area contributed by atoms with Gasteiger partial charge in [0.25, 0.3) is 5.91 Å². The lowest BCUT2D eigenvalue weighted by molar-refractivity contribution is -0.124. The van der Waals surface area contributed by atoms with E-state index in [1.807, 2.05) is 38.3 Å². The predicted octanol–water partition coefficient (Wildman–Crippen LogP) is 6.42. The van der Waals surface area contributed by atoms with Gasteiger partial charge in [0.05, 0.1) is 17.3 Å². The highest BCUT2D eigenvalue weighted by molar-refractivity contribution is 6.31. The van der Waals surface area contributed by atoms with E-state index in [1.54, 1.807) is 29.4 Å². The zero-order chi connectivity index (χ0) is 25.7. The van der Waals surface area contributed by atoms with Crippen molar-refractivity contribution in [3.63, 3.8) is 0 Å². The van der Waals surface area contributed by atoms with Crippen LogP contribution in [0.1, 0.15) is 46.5 Å². The minimum Gasteiger partial charge on any atom is -0.365 e. The van der Waals surface area contributed by atoms with Gasteiger partial charge in [-0.05, 0) is 45.3 Å². The monoisotopic (exact) mass is 508 g/mol. The van der Waals surface area contributed by atoms with Gasteiger partial charge in [-0.2, -0.15) is 0 Å². The maximum Gasteiger partial charge on any atom is 0.250 e. The molecule has 0 saturated heterocycles.